The lowest BCUT2D eigenvalue weighted by Crippen LogP contribution is -2.42. The van der Waals surface area contributed by atoms with Gasteiger partial charge in [0.2, 0.25) is 5.91 Å². The molecule has 0 unspecified atom stereocenters. The number of likely N-dealkylation sites (N-methyl/N-ethyl adjacent to an activating group) is 1. The van der Waals surface area contributed by atoms with Crippen molar-refractivity contribution in [2.24, 2.45) is 0 Å². The van der Waals surface area contributed by atoms with Crippen LogP contribution < -0.4 is 25.2 Å². The lowest BCUT2D eigenvalue weighted by molar-refractivity contribution is -0.136. The van der Waals surface area contributed by atoms with Crippen molar-refractivity contribution >= 4 is 40.9 Å². The molecule has 0 aliphatic heterocycles. The first kappa shape index (κ1) is 30.7. The SMILES string of the molecule is CCCCCN(C(=O)CNC(=O)Nc1cccc(CC(=O)O)c1)c1ccccc1OCC(=O)N(C)c1ccccc1. The summed E-state index contributed by atoms with van der Waals surface area (Å²) in [5.74, 6) is -1.19. The van der Waals surface area contributed by atoms with Gasteiger partial charge >= 0.3 is 12.0 Å². The third-order valence-electron chi connectivity index (χ3n) is 6.25. The predicted molar refractivity (Wildman–Crippen MR) is 158 cm³/mol. The van der Waals surface area contributed by atoms with Crippen LogP contribution in [0.15, 0.2) is 78.9 Å². The van der Waals surface area contributed by atoms with E-state index in [0.29, 0.717) is 29.2 Å². The normalized spacial score (nSPS) is 10.4. The number of carbonyl (C=O) groups excluding carboxylic acids is 3. The number of nitrogens with zero attached hydrogens (tertiary/aromatic N) is 2. The maximum absolute atomic E-state index is 13.3. The van der Waals surface area contributed by atoms with Crippen LogP contribution in [0.5, 0.6) is 5.75 Å². The second-order valence-corrected chi connectivity index (χ2v) is 9.38. The van der Waals surface area contributed by atoms with E-state index in [2.05, 4.69) is 17.6 Å². The number of urea groups is 1. The van der Waals surface area contributed by atoms with E-state index >= 15 is 0 Å². The molecule has 0 saturated carbocycles. The van der Waals surface area contributed by atoms with Crippen LogP contribution >= 0.6 is 0 Å². The highest BCUT2D eigenvalue weighted by atomic mass is 16.5. The lowest BCUT2D eigenvalue weighted by Gasteiger charge is -2.26. The molecular formula is C31H36N4O6. The Morgan fingerprint density at radius 3 is 2.34 bits per heavy atom. The Hall–Kier alpha value is -4.86. The van der Waals surface area contributed by atoms with Crippen molar-refractivity contribution in [3.8, 4) is 5.75 Å². The molecule has 10 nitrogen and oxygen atoms in total. The minimum atomic E-state index is -0.975. The molecule has 3 aromatic carbocycles. The van der Waals surface area contributed by atoms with E-state index in [0.717, 1.165) is 24.9 Å². The summed E-state index contributed by atoms with van der Waals surface area (Å²) >= 11 is 0. The lowest BCUT2D eigenvalue weighted by atomic mass is 10.1. The molecule has 0 fully saturated rings. The van der Waals surface area contributed by atoms with Crippen LogP contribution in [0.3, 0.4) is 0 Å². The fraction of sp³-hybridized carbons (Fsp3) is 0.290. The van der Waals surface area contributed by atoms with Crippen LogP contribution in [0.2, 0.25) is 0 Å². The number of hydrogen-bond acceptors (Lipinski definition) is 5. The highest BCUT2D eigenvalue weighted by molar-refractivity contribution is 5.99. The number of carboxylic acids is 1. The zero-order chi connectivity index (χ0) is 29.6. The van der Waals surface area contributed by atoms with Gasteiger partial charge in [-0.2, -0.15) is 0 Å². The number of amides is 4. The number of carbonyl (C=O) groups is 4. The molecule has 0 spiro atoms. The Labute approximate surface area is 239 Å². The zero-order valence-corrected chi connectivity index (χ0v) is 23.3. The molecule has 3 aromatic rings. The first-order valence-corrected chi connectivity index (χ1v) is 13.5. The largest absolute Gasteiger partial charge is 0.482 e. The number of aliphatic carboxylic acids is 1. The first-order valence-electron chi connectivity index (χ1n) is 13.5. The van der Waals surface area contributed by atoms with Crippen molar-refractivity contribution in [1.29, 1.82) is 0 Å². The van der Waals surface area contributed by atoms with E-state index in [1.807, 2.05) is 30.3 Å². The molecule has 216 valence electrons. The van der Waals surface area contributed by atoms with Crippen molar-refractivity contribution in [3.05, 3.63) is 84.4 Å². The number of ether oxygens (including phenoxy) is 1. The Balaban J connectivity index is 1.66. The monoisotopic (exact) mass is 560 g/mol. The van der Waals surface area contributed by atoms with Crippen LogP contribution in [0.4, 0.5) is 21.9 Å². The Kier molecular flexibility index (Phi) is 11.7. The quantitative estimate of drug-likeness (QED) is 0.245. The van der Waals surface area contributed by atoms with Gasteiger partial charge in [-0.3, -0.25) is 14.4 Å². The molecule has 0 aromatic heterocycles. The second kappa shape index (κ2) is 15.7. The van der Waals surface area contributed by atoms with E-state index in [-0.39, 0.29) is 31.4 Å². The first-order chi connectivity index (χ1) is 19.8. The number of nitrogens with one attached hydrogen (secondary N) is 2. The molecule has 0 bridgehead atoms. The van der Waals surface area contributed by atoms with Gasteiger partial charge in [0, 0.05) is 25.0 Å². The maximum Gasteiger partial charge on any atom is 0.319 e. The van der Waals surface area contributed by atoms with Crippen molar-refractivity contribution < 1.29 is 29.0 Å². The fourth-order valence-corrected chi connectivity index (χ4v) is 4.09. The van der Waals surface area contributed by atoms with Gasteiger partial charge < -0.3 is 30.3 Å². The highest BCUT2D eigenvalue weighted by Gasteiger charge is 2.21. The van der Waals surface area contributed by atoms with Gasteiger partial charge in [-0.05, 0) is 48.4 Å². The average molecular weight is 561 g/mol. The molecule has 0 atom stereocenters. The molecule has 4 amide bonds. The molecule has 0 saturated heterocycles. The third-order valence-corrected chi connectivity index (χ3v) is 6.25. The Bertz CT molecular complexity index is 1330. The Morgan fingerprint density at radius 1 is 0.878 bits per heavy atom. The zero-order valence-electron chi connectivity index (χ0n) is 23.3. The summed E-state index contributed by atoms with van der Waals surface area (Å²) in [7, 11) is 1.67. The van der Waals surface area contributed by atoms with Gasteiger partial charge in [0.05, 0.1) is 18.7 Å². The van der Waals surface area contributed by atoms with E-state index in [1.165, 1.54) is 4.90 Å². The number of para-hydroxylation sites is 3. The van der Waals surface area contributed by atoms with Gasteiger partial charge in [0.15, 0.2) is 6.61 Å². The number of hydrogen-bond donors (Lipinski definition) is 3. The fourth-order valence-electron chi connectivity index (χ4n) is 4.09. The molecule has 3 N–H and O–H groups in total. The van der Waals surface area contributed by atoms with Crippen LogP contribution in [-0.2, 0) is 20.8 Å². The number of carboxylic acid groups (broad SMARTS) is 1. The van der Waals surface area contributed by atoms with Crippen molar-refractivity contribution in [1.82, 2.24) is 5.32 Å². The summed E-state index contributed by atoms with van der Waals surface area (Å²) < 4.78 is 5.90. The van der Waals surface area contributed by atoms with Crippen molar-refractivity contribution in [2.45, 2.75) is 32.6 Å². The summed E-state index contributed by atoms with van der Waals surface area (Å²) in [6.07, 6.45) is 2.45. The highest BCUT2D eigenvalue weighted by Crippen LogP contribution is 2.29. The summed E-state index contributed by atoms with van der Waals surface area (Å²) in [6, 6.07) is 22.1. The van der Waals surface area contributed by atoms with E-state index in [9.17, 15) is 19.2 Å². The van der Waals surface area contributed by atoms with Crippen LogP contribution in [0.25, 0.3) is 0 Å². The standard InChI is InChI=1S/C31H36N4O6/c1-3-4-10-18-35(28(36)21-32-31(40)33-24-13-11-12-23(19-24)20-30(38)39)26-16-8-9-17-27(26)41-22-29(37)34(2)25-14-6-5-7-15-25/h5-9,11-17,19H,3-4,10,18,20-22H2,1-2H3,(H,38,39)(H2,32,33,40). The Morgan fingerprint density at radius 2 is 1.61 bits per heavy atom. The number of anilines is 3. The number of benzene rings is 3. The van der Waals surface area contributed by atoms with Crippen LogP contribution in [-0.4, -0.2) is 55.7 Å². The number of unbranched alkanes of at least 4 members (excludes halogenated alkanes) is 2. The van der Waals surface area contributed by atoms with Crippen molar-refractivity contribution in [3.63, 3.8) is 0 Å². The minimum Gasteiger partial charge on any atom is -0.482 e. The van der Waals surface area contributed by atoms with Gasteiger partial charge in [-0.15, -0.1) is 0 Å². The van der Waals surface area contributed by atoms with Gasteiger partial charge in [-0.1, -0.05) is 62.2 Å². The van der Waals surface area contributed by atoms with E-state index in [4.69, 9.17) is 9.84 Å². The van der Waals surface area contributed by atoms with Crippen LogP contribution in [0, 0.1) is 0 Å². The number of rotatable bonds is 14. The van der Waals surface area contributed by atoms with E-state index in [1.54, 1.807) is 60.5 Å². The predicted octanol–water partition coefficient (Wildman–Crippen LogP) is 4.70. The van der Waals surface area contributed by atoms with E-state index < -0.39 is 12.0 Å². The van der Waals surface area contributed by atoms with Crippen molar-refractivity contribution in [2.75, 3.05) is 41.9 Å². The molecular weight excluding hydrogens is 524 g/mol. The molecule has 0 aliphatic rings. The summed E-state index contributed by atoms with van der Waals surface area (Å²) in [4.78, 5) is 52.7. The minimum absolute atomic E-state index is 0.169. The second-order valence-electron chi connectivity index (χ2n) is 9.38. The average Bonchev–Trinajstić information content (AvgIpc) is 2.97. The van der Waals surface area contributed by atoms with Gasteiger partial charge in [-0.25, -0.2) is 4.79 Å². The molecule has 0 heterocycles. The smallest absolute Gasteiger partial charge is 0.319 e. The topological polar surface area (TPSA) is 128 Å². The molecule has 10 heteroatoms. The van der Waals surface area contributed by atoms with Crippen LogP contribution in [0.1, 0.15) is 31.7 Å². The third kappa shape index (κ3) is 9.68. The molecule has 0 radical (unpaired) electrons. The molecule has 0 aliphatic carbocycles. The van der Waals surface area contributed by atoms with Gasteiger partial charge in [0.1, 0.15) is 5.75 Å². The summed E-state index contributed by atoms with van der Waals surface area (Å²) in [6.45, 7) is 1.97. The summed E-state index contributed by atoms with van der Waals surface area (Å²) in [5, 5.41) is 14.2. The molecule has 41 heavy (non-hydrogen) atoms. The summed E-state index contributed by atoms with van der Waals surface area (Å²) in [5.41, 5.74) is 2.20. The molecule has 3 rings (SSSR count). The maximum atomic E-state index is 13.3. The van der Waals surface area contributed by atoms with Gasteiger partial charge in [0.25, 0.3) is 5.91 Å².